The zero-order valence-electron chi connectivity index (χ0n) is 11.3. The minimum Gasteiger partial charge on any atom is -0.382 e. The smallest absolute Gasteiger partial charge is 0.280 e. The highest BCUT2D eigenvalue weighted by atomic mass is 32.2. The zero-order chi connectivity index (χ0) is 13.8. The molecule has 0 fully saturated rings. The molecule has 1 heterocycles. The summed E-state index contributed by atoms with van der Waals surface area (Å²) in [6.07, 6.45) is 3.69. The normalized spacial score (nSPS) is 17.0. The van der Waals surface area contributed by atoms with E-state index >= 15 is 0 Å². The van der Waals surface area contributed by atoms with Crippen LogP contribution in [0, 0.1) is 0 Å². The molecule has 2 rings (SSSR count). The fraction of sp³-hybridized carbons (Fsp3) is 0.286. The number of amidine groups is 1. The largest absolute Gasteiger partial charge is 0.382 e. The summed E-state index contributed by atoms with van der Waals surface area (Å²) in [5.74, 6) is -0.0399. The van der Waals surface area contributed by atoms with E-state index in [2.05, 4.69) is 4.99 Å². The maximum atomic E-state index is 12.3. The molecule has 5 heteroatoms. The van der Waals surface area contributed by atoms with E-state index in [1.807, 2.05) is 55.6 Å². The van der Waals surface area contributed by atoms with Gasteiger partial charge in [-0.15, -0.1) is 0 Å². The number of carbonyl (C=O) groups excluding carboxylic acids is 1. The monoisotopic (exact) mass is 275 g/mol. The number of rotatable bonds is 3. The molecule has 1 aliphatic rings. The summed E-state index contributed by atoms with van der Waals surface area (Å²) in [5.41, 5.74) is 1.59. The molecule has 4 nitrogen and oxygen atoms in total. The number of thioether (sulfide) groups is 1. The minimum atomic E-state index is -0.0399. The van der Waals surface area contributed by atoms with Gasteiger partial charge in [0.25, 0.3) is 5.91 Å². The van der Waals surface area contributed by atoms with Crippen LogP contribution < -0.4 is 0 Å². The van der Waals surface area contributed by atoms with Gasteiger partial charge in [0.1, 0.15) is 5.70 Å². The molecule has 0 saturated heterocycles. The molecule has 19 heavy (non-hydrogen) atoms. The Bertz CT molecular complexity index is 523. The van der Waals surface area contributed by atoms with Crippen LogP contribution in [0.1, 0.15) is 5.56 Å². The first-order chi connectivity index (χ1) is 9.11. The number of amides is 1. The van der Waals surface area contributed by atoms with E-state index in [0.29, 0.717) is 12.2 Å². The van der Waals surface area contributed by atoms with Crippen LogP contribution >= 0.6 is 11.8 Å². The maximum Gasteiger partial charge on any atom is 0.280 e. The van der Waals surface area contributed by atoms with E-state index in [1.54, 1.807) is 11.1 Å². The highest BCUT2D eigenvalue weighted by molar-refractivity contribution is 8.13. The number of hydrogen-bond acceptors (Lipinski definition) is 4. The molecule has 1 aliphatic heterocycles. The van der Waals surface area contributed by atoms with Crippen LogP contribution in [-0.2, 0) is 11.3 Å². The first-order valence-electron chi connectivity index (χ1n) is 5.98. The molecule has 0 atom stereocenters. The third kappa shape index (κ3) is 3.17. The summed E-state index contributed by atoms with van der Waals surface area (Å²) < 4.78 is 0. The second kappa shape index (κ2) is 5.93. The quantitative estimate of drug-likeness (QED) is 0.793. The summed E-state index contributed by atoms with van der Waals surface area (Å²) in [6, 6.07) is 9.94. The Balaban J connectivity index is 2.22. The Labute approximate surface area is 117 Å². The highest BCUT2D eigenvalue weighted by Crippen LogP contribution is 2.22. The number of aliphatic imine (C=N–C) groups is 1. The lowest BCUT2D eigenvalue weighted by Gasteiger charge is -2.16. The Morgan fingerprint density at radius 1 is 1.32 bits per heavy atom. The van der Waals surface area contributed by atoms with Crippen molar-refractivity contribution >= 4 is 22.8 Å². The molecule has 0 spiro atoms. The van der Waals surface area contributed by atoms with E-state index in [0.717, 1.165) is 10.7 Å². The lowest BCUT2D eigenvalue weighted by Crippen LogP contribution is -2.30. The Morgan fingerprint density at radius 2 is 2.00 bits per heavy atom. The fourth-order valence-corrected chi connectivity index (χ4v) is 2.38. The Hall–Kier alpha value is -1.75. The maximum absolute atomic E-state index is 12.3. The van der Waals surface area contributed by atoms with Crippen molar-refractivity contribution < 1.29 is 4.79 Å². The van der Waals surface area contributed by atoms with Gasteiger partial charge in [0, 0.05) is 20.3 Å². The standard InChI is InChI=1S/C14H17N3OS/c1-16(2)10-12-13(18)17(14(15-12)19-3)9-11-7-5-4-6-8-11/h4-8,10H,9H2,1-3H3/b12-10-. The number of hydrogen-bond donors (Lipinski definition) is 0. The van der Waals surface area contributed by atoms with Crippen molar-refractivity contribution in [2.24, 2.45) is 4.99 Å². The summed E-state index contributed by atoms with van der Waals surface area (Å²) >= 11 is 1.49. The van der Waals surface area contributed by atoms with E-state index in [1.165, 1.54) is 11.8 Å². The van der Waals surface area contributed by atoms with Gasteiger partial charge in [0.15, 0.2) is 5.17 Å². The Kier molecular flexibility index (Phi) is 4.27. The second-order valence-electron chi connectivity index (χ2n) is 4.45. The van der Waals surface area contributed by atoms with Crippen LogP contribution in [0.3, 0.4) is 0 Å². The van der Waals surface area contributed by atoms with Gasteiger partial charge >= 0.3 is 0 Å². The summed E-state index contributed by atoms with van der Waals surface area (Å²) in [6.45, 7) is 0.560. The minimum absolute atomic E-state index is 0.0399. The number of nitrogens with zero attached hydrogens (tertiary/aromatic N) is 3. The van der Waals surface area contributed by atoms with E-state index in [4.69, 9.17) is 0 Å². The van der Waals surface area contributed by atoms with Crippen LogP contribution in [0.15, 0.2) is 47.2 Å². The van der Waals surface area contributed by atoms with E-state index < -0.39 is 0 Å². The molecule has 100 valence electrons. The molecule has 0 N–H and O–H groups in total. The van der Waals surface area contributed by atoms with E-state index in [-0.39, 0.29) is 5.91 Å². The van der Waals surface area contributed by atoms with Gasteiger partial charge in [-0.05, 0) is 11.8 Å². The van der Waals surface area contributed by atoms with Gasteiger partial charge in [-0.3, -0.25) is 9.69 Å². The average Bonchev–Trinajstić information content (AvgIpc) is 2.68. The summed E-state index contributed by atoms with van der Waals surface area (Å²) in [4.78, 5) is 20.3. The first kappa shape index (κ1) is 13.7. The SMILES string of the molecule is CSC1=N/C(=C\N(C)C)C(=O)N1Cc1ccccc1. The molecule has 0 aromatic heterocycles. The van der Waals surface area contributed by atoms with Gasteiger partial charge < -0.3 is 4.90 Å². The van der Waals surface area contributed by atoms with Crippen LogP contribution in [0.25, 0.3) is 0 Å². The Morgan fingerprint density at radius 3 is 2.58 bits per heavy atom. The van der Waals surface area contributed by atoms with Crippen molar-refractivity contribution in [2.75, 3.05) is 20.4 Å². The van der Waals surface area contributed by atoms with Gasteiger partial charge in [-0.1, -0.05) is 42.1 Å². The molecule has 1 amide bonds. The van der Waals surface area contributed by atoms with Crippen molar-refractivity contribution in [2.45, 2.75) is 6.54 Å². The van der Waals surface area contributed by atoms with Crippen molar-refractivity contribution in [3.05, 3.63) is 47.8 Å². The third-order valence-electron chi connectivity index (χ3n) is 2.66. The molecule has 1 aromatic carbocycles. The van der Waals surface area contributed by atoms with Crippen LogP contribution in [0.5, 0.6) is 0 Å². The zero-order valence-corrected chi connectivity index (χ0v) is 12.1. The van der Waals surface area contributed by atoms with Crippen molar-refractivity contribution in [1.82, 2.24) is 9.80 Å². The summed E-state index contributed by atoms with van der Waals surface area (Å²) in [5, 5.41) is 0.752. The predicted octanol–water partition coefficient (Wildman–Crippen LogP) is 2.15. The molecule has 0 unspecified atom stereocenters. The lowest BCUT2D eigenvalue weighted by atomic mass is 10.2. The number of carbonyl (C=O) groups is 1. The summed E-state index contributed by atoms with van der Waals surface area (Å²) in [7, 11) is 3.77. The predicted molar refractivity (Wildman–Crippen MR) is 79.7 cm³/mol. The lowest BCUT2D eigenvalue weighted by molar-refractivity contribution is -0.123. The van der Waals surface area contributed by atoms with Crippen LogP contribution in [0.4, 0.5) is 0 Å². The van der Waals surface area contributed by atoms with Crippen molar-refractivity contribution in [3.8, 4) is 0 Å². The molecular weight excluding hydrogens is 258 g/mol. The second-order valence-corrected chi connectivity index (χ2v) is 5.23. The topological polar surface area (TPSA) is 35.9 Å². The molecule has 0 saturated carbocycles. The van der Waals surface area contributed by atoms with Crippen LogP contribution in [-0.4, -0.2) is 41.2 Å². The van der Waals surface area contributed by atoms with Gasteiger partial charge in [-0.2, -0.15) is 0 Å². The molecule has 0 aliphatic carbocycles. The van der Waals surface area contributed by atoms with Crippen LogP contribution in [0.2, 0.25) is 0 Å². The third-order valence-corrected chi connectivity index (χ3v) is 3.33. The van der Waals surface area contributed by atoms with Gasteiger partial charge in [0.05, 0.1) is 6.54 Å². The fourth-order valence-electron chi connectivity index (χ4n) is 1.83. The molecule has 0 bridgehead atoms. The van der Waals surface area contributed by atoms with E-state index in [9.17, 15) is 4.79 Å². The van der Waals surface area contributed by atoms with Crippen molar-refractivity contribution in [3.63, 3.8) is 0 Å². The molecular formula is C14H17N3OS. The average molecular weight is 275 g/mol. The van der Waals surface area contributed by atoms with Gasteiger partial charge in [0.2, 0.25) is 0 Å². The number of benzene rings is 1. The van der Waals surface area contributed by atoms with Gasteiger partial charge in [-0.25, -0.2) is 4.99 Å². The molecule has 0 radical (unpaired) electrons. The first-order valence-corrected chi connectivity index (χ1v) is 7.21. The van der Waals surface area contributed by atoms with Crippen molar-refractivity contribution in [1.29, 1.82) is 0 Å². The molecule has 1 aromatic rings. The highest BCUT2D eigenvalue weighted by Gasteiger charge is 2.29.